The molecule has 0 unspecified atom stereocenters. The van der Waals surface area contributed by atoms with E-state index in [1.807, 2.05) is 0 Å². The van der Waals surface area contributed by atoms with Crippen LogP contribution in [-0.4, -0.2) is 5.91 Å². The molecule has 0 aliphatic carbocycles. The second-order valence-corrected chi connectivity index (χ2v) is 2.84. The van der Waals surface area contributed by atoms with Crippen LogP contribution in [0, 0.1) is 6.92 Å². The van der Waals surface area contributed by atoms with Gasteiger partial charge in [-0.15, -0.1) is 12.4 Å². The minimum Gasteiger partial charge on any atom is -0.370 e. The first-order chi connectivity index (χ1) is 5.27. The van der Waals surface area contributed by atoms with Gasteiger partial charge in [0.05, 0.1) is 0 Å². The van der Waals surface area contributed by atoms with Crippen LogP contribution in [0.25, 0.3) is 0 Å². The van der Waals surface area contributed by atoms with E-state index in [0.717, 1.165) is 19.3 Å². The fourth-order valence-electron chi connectivity index (χ4n) is 1.01. The first-order valence-corrected chi connectivity index (χ1v) is 4.35. The Morgan fingerprint density at radius 1 is 1.08 bits per heavy atom. The molecule has 0 bridgehead atoms. The molecule has 2 N–H and O–H groups in total. The lowest BCUT2D eigenvalue weighted by molar-refractivity contribution is -0.118. The average molecular weight is 193 g/mol. The summed E-state index contributed by atoms with van der Waals surface area (Å²) < 4.78 is 0. The molecular formula is C9H19ClNO. The molecule has 0 saturated heterocycles. The molecule has 2 nitrogen and oxygen atoms in total. The van der Waals surface area contributed by atoms with Gasteiger partial charge in [-0.25, -0.2) is 0 Å². The maximum Gasteiger partial charge on any atom is 0.217 e. The monoisotopic (exact) mass is 192 g/mol. The predicted molar refractivity (Wildman–Crippen MR) is 54.1 cm³/mol. The van der Waals surface area contributed by atoms with E-state index in [2.05, 4.69) is 6.92 Å². The smallest absolute Gasteiger partial charge is 0.217 e. The second kappa shape index (κ2) is 10.8. The van der Waals surface area contributed by atoms with E-state index < -0.39 is 0 Å². The van der Waals surface area contributed by atoms with Gasteiger partial charge in [0.15, 0.2) is 0 Å². The summed E-state index contributed by atoms with van der Waals surface area (Å²) >= 11 is 0. The van der Waals surface area contributed by atoms with Crippen molar-refractivity contribution in [2.45, 2.75) is 44.9 Å². The number of halogens is 1. The number of hydrogen-bond donors (Lipinski definition) is 1. The molecule has 0 aliphatic heterocycles. The van der Waals surface area contributed by atoms with Gasteiger partial charge in [-0.1, -0.05) is 39.0 Å². The third kappa shape index (κ3) is 12.4. The Kier molecular flexibility index (Phi) is 12.8. The zero-order valence-corrected chi connectivity index (χ0v) is 8.37. The molecule has 0 heterocycles. The number of unbranched alkanes of at least 4 members (excludes halogenated alkanes) is 5. The number of nitrogens with two attached hydrogens (primary N) is 1. The SMILES string of the molecule is Cl.[CH2]CCCCCCCC(N)=O. The van der Waals surface area contributed by atoms with Crippen molar-refractivity contribution in [3.63, 3.8) is 0 Å². The van der Waals surface area contributed by atoms with Crippen molar-refractivity contribution in [3.8, 4) is 0 Å². The summed E-state index contributed by atoms with van der Waals surface area (Å²) in [5.74, 6) is -0.179. The van der Waals surface area contributed by atoms with Crippen LogP contribution in [0.3, 0.4) is 0 Å². The highest BCUT2D eigenvalue weighted by Gasteiger charge is 1.93. The Balaban J connectivity index is 0. The van der Waals surface area contributed by atoms with Gasteiger partial charge in [0, 0.05) is 6.42 Å². The summed E-state index contributed by atoms with van der Waals surface area (Å²) in [6, 6.07) is 0. The molecule has 0 spiro atoms. The average Bonchev–Trinajstić information content (AvgIpc) is 1.96. The summed E-state index contributed by atoms with van der Waals surface area (Å²) in [4.78, 5) is 10.3. The van der Waals surface area contributed by atoms with Crippen LogP contribution in [0.15, 0.2) is 0 Å². The van der Waals surface area contributed by atoms with E-state index in [1.165, 1.54) is 19.3 Å². The Hall–Kier alpha value is -0.240. The van der Waals surface area contributed by atoms with Crippen molar-refractivity contribution in [3.05, 3.63) is 6.92 Å². The zero-order chi connectivity index (χ0) is 8.53. The summed E-state index contributed by atoms with van der Waals surface area (Å²) in [5, 5.41) is 0. The minimum atomic E-state index is -0.179. The molecule has 1 amide bonds. The molecule has 0 rings (SSSR count). The van der Waals surface area contributed by atoms with Crippen LogP contribution in [-0.2, 0) is 4.79 Å². The van der Waals surface area contributed by atoms with Gasteiger partial charge in [-0.05, 0) is 6.42 Å². The number of amides is 1. The maximum atomic E-state index is 10.3. The van der Waals surface area contributed by atoms with Gasteiger partial charge >= 0.3 is 0 Å². The van der Waals surface area contributed by atoms with Crippen molar-refractivity contribution in [1.29, 1.82) is 0 Å². The summed E-state index contributed by atoms with van der Waals surface area (Å²) in [7, 11) is 0. The minimum absolute atomic E-state index is 0. The predicted octanol–water partition coefficient (Wildman–Crippen LogP) is 2.46. The molecule has 0 aliphatic rings. The van der Waals surface area contributed by atoms with Gasteiger partial charge in [-0.3, -0.25) is 4.79 Å². The highest BCUT2D eigenvalue weighted by atomic mass is 35.5. The van der Waals surface area contributed by atoms with Crippen molar-refractivity contribution < 1.29 is 4.79 Å². The maximum absolute atomic E-state index is 10.3. The molecule has 0 aromatic heterocycles. The van der Waals surface area contributed by atoms with Gasteiger partial charge in [0.1, 0.15) is 0 Å². The standard InChI is InChI=1S/C9H18NO.ClH/c1-2-3-4-5-6-7-8-9(10)11;/h1-8H2,(H2,10,11);1H. The topological polar surface area (TPSA) is 43.1 Å². The Morgan fingerprint density at radius 2 is 1.58 bits per heavy atom. The van der Waals surface area contributed by atoms with Crippen LogP contribution < -0.4 is 5.73 Å². The van der Waals surface area contributed by atoms with E-state index in [-0.39, 0.29) is 18.3 Å². The third-order valence-electron chi connectivity index (χ3n) is 1.67. The van der Waals surface area contributed by atoms with E-state index in [4.69, 9.17) is 5.73 Å². The summed E-state index contributed by atoms with van der Waals surface area (Å²) in [6.45, 7) is 3.76. The first-order valence-electron chi connectivity index (χ1n) is 4.35. The quantitative estimate of drug-likeness (QED) is 0.619. The lowest BCUT2D eigenvalue weighted by Crippen LogP contribution is -2.09. The molecule has 73 valence electrons. The van der Waals surface area contributed by atoms with Gasteiger partial charge in [-0.2, -0.15) is 0 Å². The fourth-order valence-corrected chi connectivity index (χ4v) is 1.01. The number of carbonyl (C=O) groups excluding carboxylic acids is 1. The van der Waals surface area contributed by atoms with Crippen molar-refractivity contribution in [2.75, 3.05) is 0 Å². The van der Waals surface area contributed by atoms with Crippen LogP contribution in [0.2, 0.25) is 0 Å². The Morgan fingerprint density at radius 3 is 2.08 bits per heavy atom. The van der Waals surface area contributed by atoms with Crippen LogP contribution >= 0.6 is 12.4 Å². The molecule has 0 aromatic rings. The normalized spacial score (nSPS) is 9.08. The molecule has 0 fully saturated rings. The number of carbonyl (C=O) groups is 1. The lowest BCUT2D eigenvalue weighted by atomic mass is 10.1. The third-order valence-corrected chi connectivity index (χ3v) is 1.67. The Labute approximate surface area is 81.3 Å². The van der Waals surface area contributed by atoms with Crippen LogP contribution in [0.1, 0.15) is 44.9 Å². The van der Waals surface area contributed by atoms with Gasteiger partial charge in [0.25, 0.3) is 0 Å². The van der Waals surface area contributed by atoms with Crippen molar-refractivity contribution in [1.82, 2.24) is 0 Å². The number of rotatable bonds is 7. The highest BCUT2D eigenvalue weighted by Crippen LogP contribution is 2.05. The summed E-state index contributed by atoms with van der Waals surface area (Å²) in [5.41, 5.74) is 4.98. The highest BCUT2D eigenvalue weighted by molar-refractivity contribution is 5.85. The Bertz CT molecular complexity index is 107. The van der Waals surface area contributed by atoms with Gasteiger partial charge in [0.2, 0.25) is 5.91 Å². The molecule has 12 heavy (non-hydrogen) atoms. The molecule has 1 radical (unpaired) electrons. The molecule has 0 saturated carbocycles. The largest absolute Gasteiger partial charge is 0.370 e. The second-order valence-electron chi connectivity index (χ2n) is 2.84. The van der Waals surface area contributed by atoms with E-state index in [1.54, 1.807) is 0 Å². The first kappa shape index (κ1) is 14.3. The summed E-state index contributed by atoms with van der Waals surface area (Å²) in [6.07, 6.45) is 7.30. The molecular weight excluding hydrogens is 174 g/mol. The molecule has 3 heteroatoms. The molecule has 0 aromatic carbocycles. The van der Waals surface area contributed by atoms with E-state index in [0.29, 0.717) is 6.42 Å². The zero-order valence-electron chi connectivity index (χ0n) is 7.55. The molecule has 0 atom stereocenters. The fraction of sp³-hybridized carbons (Fsp3) is 0.778. The van der Waals surface area contributed by atoms with Crippen molar-refractivity contribution >= 4 is 18.3 Å². The van der Waals surface area contributed by atoms with Crippen molar-refractivity contribution in [2.24, 2.45) is 5.73 Å². The number of primary amides is 1. The number of hydrogen-bond acceptors (Lipinski definition) is 1. The van der Waals surface area contributed by atoms with E-state index in [9.17, 15) is 4.79 Å². The lowest BCUT2D eigenvalue weighted by Gasteiger charge is -1.97. The van der Waals surface area contributed by atoms with Gasteiger partial charge < -0.3 is 5.73 Å². The van der Waals surface area contributed by atoms with E-state index >= 15 is 0 Å². The van der Waals surface area contributed by atoms with Crippen LogP contribution in [0.5, 0.6) is 0 Å². The van der Waals surface area contributed by atoms with Crippen LogP contribution in [0.4, 0.5) is 0 Å².